The van der Waals surface area contributed by atoms with Crippen molar-refractivity contribution in [1.29, 1.82) is 0 Å². The van der Waals surface area contributed by atoms with Gasteiger partial charge in [-0.05, 0) is 29.5 Å². The summed E-state index contributed by atoms with van der Waals surface area (Å²) in [5.74, 6) is 0. The average Bonchev–Trinajstić information content (AvgIpc) is 2.12. The number of rotatable bonds is 0. The minimum Gasteiger partial charge on any atom is -0.260 e. The molecule has 0 bridgehead atoms. The highest BCUT2D eigenvalue weighted by atomic mass is 127. The standard InChI is InChI=1S/C8H6IN3/c1-5-8(9)7-4-12-11-3-6(7)2-10-5/h2-4H,1H3. The molecule has 0 spiro atoms. The Morgan fingerprint density at radius 3 is 2.75 bits per heavy atom. The summed E-state index contributed by atoms with van der Waals surface area (Å²) in [5, 5.41) is 9.79. The lowest BCUT2D eigenvalue weighted by Gasteiger charge is -2.00. The highest BCUT2D eigenvalue weighted by Gasteiger charge is 2.01. The van der Waals surface area contributed by atoms with E-state index in [1.807, 2.05) is 13.1 Å². The normalized spacial score (nSPS) is 10.5. The van der Waals surface area contributed by atoms with Crippen molar-refractivity contribution in [2.24, 2.45) is 0 Å². The Bertz CT molecular complexity index is 428. The second-order valence-corrected chi connectivity index (χ2v) is 3.59. The Morgan fingerprint density at radius 1 is 1.17 bits per heavy atom. The van der Waals surface area contributed by atoms with Crippen LogP contribution in [0.2, 0.25) is 0 Å². The predicted molar refractivity (Wildman–Crippen MR) is 54.8 cm³/mol. The van der Waals surface area contributed by atoms with Gasteiger partial charge in [0.25, 0.3) is 0 Å². The van der Waals surface area contributed by atoms with Gasteiger partial charge in [0.2, 0.25) is 0 Å². The fourth-order valence-electron chi connectivity index (χ4n) is 1.03. The monoisotopic (exact) mass is 271 g/mol. The van der Waals surface area contributed by atoms with E-state index in [4.69, 9.17) is 0 Å². The third-order valence-corrected chi connectivity index (χ3v) is 3.07. The van der Waals surface area contributed by atoms with Gasteiger partial charge in [-0.1, -0.05) is 0 Å². The number of halogens is 1. The summed E-state index contributed by atoms with van der Waals surface area (Å²) in [5.41, 5.74) is 1.04. The van der Waals surface area contributed by atoms with Gasteiger partial charge in [-0.15, -0.1) is 0 Å². The highest BCUT2D eigenvalue weighted by molar-refractivity contribution is 14.1. The van der Waals surface area contributed by atoms with Crippen LogP contribution in [0.5, 0.6) is 0 Å². The number of fused-ring (bicyclic) bond motifs is 1. The van der Waals surface area contributed by atoms with Crippen molar-refractivity contribution in [1.82, 2.24) is 15.2 Å². The minimum atomic E-state index is 1.04. The fourth-order valence-corrected chi connectivity index (χ4v) is 1.62. The summed E-state index contributed by atoms with van der Waals surface area (Å²) in [6.45, 7) is 1.99. The van der Waals surface area contributed by atoms with Gasteiger partial charge in [0.1, 0.15) is 0 Å². The highest BCUT2D eigenvalue weighted by Crippen LogP contribution is 2.19. The molecule has 0 atom stereocenters. The van der Waals surface area contributed by atoms with Crippen LogP contribution in [-0.4, -0.2) is 15.2 Å². The molecule has 0 aliphatic rings. The molecule has 60 valence electrons. The molecule has 0 aliphatic heterocycles. The molecule has 2 aromatic rings. The van der Waals surface area contributed by atoms with Gasteiger partial charge in [-0.25, -0.2) is 0 Å². The molecule has 0 radical (unpaired) electrons. The lowest BCUT2D eigenvalue weighted by Crippen LogP contribution is -1.89. The molecule has 0 unspecified atom stereocenters. The molecule has 0 aliphatic carbocycles. The van der Waals surface area contributed by atoms with Crippen LogP contribution >= 0.6 is 22.6 Å². The largest absolute Gasteiger partial charge is 0.260 e. The average molecular weight is 271 g/mol. The molecule has 2 heterocycles. The molecule has 2 rings (SSSR count). The molecule has 0 aromatic carbocycles. The Hall–Kier alpha value is -0.780. The number of aromatic nitrogens is 3. The summed E-state index contributed by atoms with van der Waals surface area (Å²) in [4.78, 5) is 4.23. The van der Waals surface area contributed by atoms with Crippen LogP contribution in [0.15, 0.2) is 18.6 Å². The zero-order valence-electron chi connectivity index (χ0n) is 6.45. The Kier molecular flexibility index (Phi) is 1.92. The van der Waals surface area contributed by atoms with E-state index in [0.29, 0.717) is 0 Å². The van der Waals surface area contributed by atoms with Crippen LogP contribution in [0, 0.1) is 10.5 Å². The zero-order valence-corrected chi connectivity index (χ0v) is 8.61. The lowest BCUT2D eigenvalue weighted by atomic mass is 10.2. The van der Waals surface area contributed by atoms with Crippen LogP contribution < -0.4 is 0 Å². The predicted octanol–water partition coefficient (Wildman–Crippen LogP) is 1.94. The van der Waals surface area contributed by atoms with Crippen LogP contribution in [0.25, 0.3) is 10.8 Å². The maximum atomic E-state index is 4.23. The van der Waals surface area contributed by atoms with Gasteiger partial charge >= 0.3 is 0 Å². The quantitative estimate of drug-likeness (QED) is 0.687. The van der Waals surface area contributed by atoms with Crippen molar-refractivity contribution < 1.29 is 0 Å². The molecule has 0 fully saturated rings. The SMILES string of the molecule is Cc1ncc2cnncc2c1I. The molecular formula is C8H6IN3. The first-order chi connectivity index (χ1) is 5.79. The van der Waals surface area contributed by atoms with Gasteiger partial charge in [0, 0.05) is 20.5 Å². The van der Waals surface area contributed by atoms with E-state index < -0.39 is 0 Å². The maximum Gasteiger partial charge on any atom is 0.0590 e. The summed E-state index contributed by atoms with van der Waals surface area (Å²) < 4.78 is 1.15. The lowest BCUT2D eigenvalue weighted by molar-refractivity contribution is 1.04. The minimum absolute atomic E-state index is 1.04. The smallest absolute Gasteiger partial charge is 0.0590 e. The van der Waals surface area contributed by atoms with Crippen molar-refractivity contribution in [3.63, 3.8) is 0 Å². The van der Waals surface area contributed by atoms with E-state index in [1.54, 1.807) is 12.4 Å². The van der Waals surface area contributed by atoms with Crippen molar-refractivity contribution in [3.05, 3.63) is 27.9 Å². The van der Waals surface area contributed by atoms with Gasteiger partial charge in [0.15, 0.2) is 0 Å². The molecular weight excluding hydrogens is 265 g/mol. The molecule has 0 saturated heterocycles. The van der Waals surface area contributed by atoms with Crippen molar-refractivity contribution in [2.45, 2.75) is 6.92 Å². The molecule has 0 amide bonds. The molecule has 2 aromatic heterocycles. The molecule has 12 heavy (non-hydrogen) atoms. The zero-order chi connectivity index (χ0) is 8.55. The van der Waals surface area contributed by atoms with Crippen molar-refractivity contribution in [3.8, 4) is 0 Å². The number of hydrogen-bond donors (Lipinski definition) is 0. The Balaban J connectivity index is 2.91. The molecule has 3 nitrogen and oxygen atoms in total. The van der Waals surface area contributed by atoms with Crippen LogP contribution in [0.4, 0.5) is 0 Å². The second-order valence-electron chi connectivity index (χ2n) is 2.52. The number of pyridine rings is 1. The topological polar surface area (TPSA) is 38.7 Å². The summed E-state index contributed by atoms with van der Waals surface area (Å²) in [6.07, 6.45) is 5.32. The summed E-state index contributed by atoms with van der Waals surface area (Å²) in [7, 11) is 0. The Morgan fingerprint density at radius 2 is 1.92 bits per heavy atom. The first kappa shape index (κ1) is 7.85. The molecule has 0 N–H and O–H groups in total. The van der Waals surface area contributed by atoms with Gasteiger partial charge in [-0.3, -0.25) is 4.98 Å². The number of hydrogen-bond acceptors (Lipinski definition) is 3. The first-order valence-electron chi connectivity index (χ1n) is 3.50. The van der Waals surface area contributed by atoms with E-state index in [2.05, 4.69) is 37.8 Å². The van der Waals surface area contributed by atoms with Crippen molar-refractivity contribution in [2.75, 3.05) is 0 Å². The van der Waals surface area contributed by atoms with E-state index in [9.17, 15) is 0 Å². The fraction of sp³-hybridized carbons (Fsp3) is 0.125. The van der Waals surface area contributed by atoms with E-state index in [-0.39, 0.29) is 0 Å². The van der Waals surface area contributed by atoms with E-state index in [0.717, 1.165) is 20.0 Å². The molecule has 0 saturated carbocycles. The van der Waals surface area contributed by atoms with Crippen LogP contribution in [-0.2, 0) is 0 Å². The van der Waals surface area contributed by atoms with Gasteiger partial charge < -0.3 is 0 Å². The first-order valence-corrected chi connectivity index (χ1v) is 4.58. The third-order valence-electron chi connectivity index (χ3n) is 1.71. The van der Waals surface area contributed by atoms with E-state index in [1.165, 1.54) is 0 Å². The Labute approximate surface area is 83.4 Å². The van der Waals surface area contributed by atoms with Crippen molar-refractivity contribution >= 4 is 33.4 Å². The van der Waals surface area contributed by atoms with Gasteiger partial charge in [-0.2, -0.15) is 10.2 Å². The van der Waals surface area contributed by atoms with Gasteiger partial charge in [0.05, 0.1) is 18.1 Å². The summed E-state index contributed by atoms with van der Waals surface area (Å²) >= 11 is 2.27. The number of aryl methyl sites for hydroxylation is 1. The molecule has 4 heteroatoms. The third kappa shape index (κ3) is 1.16. The van der Waals surface area contributed by atoms with E-state index >= 15 is 0 Å². The maximum absolute atomic E-state index is 4.23. The number of nitrogens with zero attached hydrogens (tertiary/aromatic N) is 3. The van der Waals surface area contributed by atoms with Crippen LogP contribution in [0.1, 0.15) is 5.69 Å². The van der Waals surface area contributed by atoms with Crippen LogP contribution in [0.3, 0.4) is 0 Å². The summed E-state index contributed by atoms with van der Waals surface area (Å²) in [6, 6.07) is 0. The second kappa shape index (κ2) is 2.93.